The van der Waals surface area contributed by atoms with E-state index in [1.807, 2.05) is 0 Å². The maximum absolute atomic E-state index is 11.0. The predicted molar refractivity (Wildman–Crippen MR) is 50.1 cm³/mol. The van der Waals surface area contributed by atoms with Gasteiger partial charge in [0.15, 0.2) is 14.9 Å². The standard InChI is InChI=1S/C6H5BrClNO2S/c1-12(10,11)6-5(8)2-4(7)3-9-6/h2-3H,1H3. The molecule has 1 rings (SSSR count). The first-order chi connectivity index (χ1) is 5.41. The minimum absolute atomic E-state index is 0.0904. The first kappa shape index (κ1) is 9.95. The van der Waals surface area contributed by atoms with Crippen LogP contribution in [0.1, 0.15) is 0 Å². The van der Waals surface area contributed by atoms with Crippen molar-refractivity contribution in [3.05, 3.63) is 21.8 Å². The Kier molecular flexibility index (Phi) is 2.75. The topological polar surface area (TPSA) is 47.0 Å². The van der Waals surface area contributed by atoms with Crippen LogP contribution in [0.4, 0.5) is 0 Å². The van der Waals surface area contributed by atoms with Crippen molar-refractivity contribution in [3.8, 4) is 0 Å². The normalized spacial score (nSPS) is 11.6. The number of halogens is 2. The third kappa shape index (κ3) is 2.18. The van der Waals surface area contributed by atoms with Crippen molar-refractivity contribution < 1.29 is 8.42 Å². The van der Waals surface area contributed by atoms with Gasteiger partial charge < -0.3 is 0 Å². The minimum atomic E-state index is -3.31. The van der Waals surface area contributed by atoms with Crippen molar-refractivity contribution in [2.45, 2.75) is 5.03 Å². The van der Waals surface area contributed by atoms with E-state index in [2.05, 4.69) is 20.9 Å². The van der Waals surface area contributed by atoms with Crippen LogP contribution in [0.2, 0.25) is 5.02 Å². The van der Waals surface area contributed by atoms with Gasteiger partial charge in [0.1, 0.15) is 0 Å². The number of rotatable bonds is 1. The lowest BCUT2D eigenvalue weighted by Gasteiger charge is -1.99. The molecule has 12 heavy (non-hydrogen) atoms. The Hall–Kier alpha value is -0.130. The van der Waals surface area contributed by atoms with Gasteiger partial charge >= 0.3 is 0 Å². The molecule has 1 aromatic rings. The van der Waals surface area contributed by atoms with Crippen LogP contribution in [-0.2, 0) is 9.84 Å². The largest absolute Gasteiger partial charge is 0.242 e. The monoisotopic (exact) mass is 269 g/mol. The molecule has 0 N–H and O–H groups in total. The number of aromatic nitrogens is 1. The van der Waals surface area contributed by atoms with E-state index >= 15 is 0 Å². The fraction of sp³-hybridized carbons (Fsp3) is 0.167. The summed E-state index contributed by atoms with van der Waals surface area (Å²) in [5, 5.41) is 0.0410. The van der Waals surface area contributed by atoms with Gasteiger partial charge in [0.25, 0.3) is 0 Å². The summed E-state index contributed by atoms with van der Waals surface area (Å²) in [6.07, 6.45) is 2.46. The van der Waals surface area contributed by atoms with E-state index in [0.717, 1.165) is 6.26 Å². The Bertz CT molecular complexity index is 404. The Morgan fingerprint density at radius 1 is 1.58 bits per heavy atom. The van der Waals surface area contributed by atoms with Gasteiger partial charge in [-0.15, -0.1) is 0 Å². The van der Waals surface area contributed by atoms with E-state index < -0.39 is 9.84 Å². The minimum Gasteiger partial charge on any atom is -0.242 e. The number of pyridine rings is 1. The van der Waals surface area contributed by atoms with Gasteiger partial charge in [0.05, 0.1) is 5.02 Å². The molecule has 0 saturated heterocycles. The Labute approximate surface area is 83.8 Å². The van der Waals surface area contributed by atoms with E-state index in [9.17, 15) is 8.42 Å². The Balaban J connectivity index is 3.39. The van der Waals surface area contributed by atoms with E-state index in [1.54, 1.807) is 0 Å². The number of hydrogen-bond acceptors (Lipinski definition) is 3. The quantitative estimate of drug-likeness (QED) is 0.783. The third-order valence-electron chi connectivity index (χ3n) is 1.13. The summed E-state index contributed by atoms with van der Waals surface area (Å²) in [5.74, 6) is 0. The molecule has 0 atom stereocenters. The zero-order valence-corrected chi connectivity index (χ0v) is 9.24. The molecule has 0 saturated carbocycles. The highest BCUT2D eigenvalue weighted by molar-refractivity contribution is 9.10. The number of hydrogen-bond donors (Lipinski definition) is 0. The molecule has 0 spiro atoms. The second kappa shape index (κ2) is 3.32. The molecular weight excluding hydrogens is 265 g/mol. The summed E-state index contributed by atoms with van der Waals surface area (Å²) in [6.45, 7) is 0. The average molecular weight is 271 g/mol. The molecule has 0 fully saturated rings. The van der Waals surface area contributed by atoms with E-state index in [0.29, 0.717) is 4.47 Å². The van der Waals surface area contributed by atoms with Crippen LogP contribution in [-0.4, -0.2) is 19.7 Å². The smallest absolute Gasteiger partial charge is 0.194 e. The Morgan fingerprint density at radius 3 is 2.58 bits per heavy atom. The number of nitrogens with zero attached hydrogens (tertiary/aromatic N) is 1. The van der Waals surface area contributed by atoms with Crippen molar-refractivity contribution >= 4 is 37.4 Å². The van der Waals surface area contributed by atoms with Gasteiger partial charge in [-0.2, -0.15) is 0 Å². The molecule has 0 aliphatic carbocycles. The lowest BCUT2D eigenvalue weighted by molar-refractivity contribution is 0.598. The third-order valence-corrected chi connectivity index (χ3v) is 2.99. The highest BCUT2D eigenvalue weighted by Crippen LogP contribution is 2.22. The first-order valence-electron chi connectivity index (χ1n) is 2.92. The average Bonchev–Trinajstić information content (AvgIpc) is 1.83. The molecule has 6 heteroatoms. The van der Waals surface area contributed by atoms with Crippen LogP contribution in [0, 0.1) is 0 Å². The van der Waals surface area contributed by atoms with Crippen molar-refractivity contribution in [1.82, 2.24) is 4.98 Å². The molecule has 0 aromatic carbocycles. The molecular formula is C6H5BrClNO2S. The fourth-order valence-corrected chi connectivity index (χ4v) is 2.38. The van der Waals surface area contributed by atoms with Crippen LogP contribution in [0.3, 0.4) is 0 Å². The van der Waals surface area contributed by atoms with Gasteiger partial charge in [0, 0.05) is 16.9 Å². The summed E-state index contributed by atoms with van der Waals surface area (Å²) in [4.78, 5) is 3.68. The molecule has 0 bridgehead atoms. The van der Waals surface area contributed by atoms with Gasteiger partial charge in [-0.1, -0.05) is 11.6 Å². The fourth-order valence-electron chi connectivity index (χ4n) is 0.675. The molecule has 3 nitrogen and oxygen atoms in total. The van der Waals surface area contributed by atoms with Crippen LogP contribution in [0.25, 0.3) is 0 Å². The first-order valence-corrected chi connectivity index (χ1v) is 5.98. The van der Waals surface area contributed by atoms with Crippen molar-refractivity contribution in [2.75, 3.05) is 6.26 Å². The highest BCUT2D eigenvalue weighted by atomic mass is 79.9. The SMILES string of the molecule is CS(=O)(=O)c1ncc(Br)cc1Cl. The van der Waals surface area contributed by atoms with Crippen LogP contribution in [0.5, 0.6) is 0 Å². The Morgan fingerprint density at radius 2 is 2.17 bits per heavy atom. The van der Waals surface area contributed by atoms with E-state index in [-0.39, 0.29) is 10.0 Å². The predicted octanol–water partition coefficient (Wildman–Crippen LogP) is 1.90. The van der Waals surface area contributed by atoms with Crippen molar-refractivity contribution in [1.29, 1.82) is 0 Å². The molecule has 1 aromatic heterocycles. The van der Waals surface area contributed by atoms with Crippen LogP contribution in [0.15, 0.2) is 21.8 Å². The van der Waals surface area contributed by atoms with Crippen LogP contribution >= 0.6 is 27.5 Å². The molecule has 0 amide bonds. The maximum atomic E-state index is 11.0. The van der Waals surface area contributed by atoms with Gasteiger partial charge in [-0.05, 0) is 22.0 Å². The second-order valence-electron chi connectivity index (χ2n) is 2.21. The van der Waals surface area contributed by atoms with Gasteiger partial charge in [-0.3, -0.25) is 0 Å². The van der Waals surface area contributed by atoms with E-state index in [4.69, 9.17) is 11.6 Å². The van der Waals surface area contributed by atoms with Gasteiger partial charge in [-0.25, -0.2) is 13.4 Å². The van der Waals surface area contributed by atoms with Crippen molar-refractivity contribution in [2.24, 2.45) is 0 Å². The van der Waals surface area contributed by atoms with Crippen LogP contribution < -0.4 is 0 Å². The summed E-state index contributed by atoms with van der Waals surface area (Å²) >= 11 is 8.76. The maximum Gasteiger partial charge on any atom is 0.194 e. The molecule has 1 heterocycles. The zero-order valence-electron chi connectivity index (χ0n) is 6.08. The molecule has 0 unspecified atom stereocenters. The number of sulfone groups is 1. The van der Waals surface area contributed by atoms with Crippen molar-refractivity contribution in [3.63, 3.8) is 0 Å². The lowest BCUT2D eigenvalue weighted by atomic mass is 10.5. The van der Waals surface area contributed by atoms with Gasteiger partial charge in [0.2, 0.25) is 0 Å². The zero-order chi connectivity index (χ0) is 9.35. The molecule has 0 aliphatic rings. The summed E-state index contributed by atoms with van der Waals surface area (Å²) < 4.78 is 22.7. The molecule has 0 aliphatic heterocycles. The second-order valence-corrected chi connectivity index (χ2v) is 5.47. The van der Waals surface area contributed by atoms with E-state index in [1.165, 1.54) is 12.3 Å². The summed E-state index contributed by atoms with van der Waals surface area (Å²) in [5.41, 5.74) is 0. The summed E-state index contributed by atoms with van der Waals surface area (Å²) in [6, 6.07) is 1.49. The molecule has 66 valence electrons. The molecule has 0 radical (unpaired) electrons. The highest BCUT2D eigenvalue weighted by Gasteiger charge is 2.13. The lowest BCUT2D eigenvalue weighted by Crippen LogP contribution is -2.00. The summed E-state index contributed by atoms with van der Waals surface area (Å²) in [7, 11) is -3.31.